The average molecular weight is 304 g/mol. The van der Waals surface area contributed by atoms with Crippen LogP contribution in [0.15, 0.2) is 23.1 Å². The molecule has 0 amide bonds. The summed E-state index contributed by atoms with van der Waals surface area (Å²) in [6.45, 7) is 4.16. The number of aryl methyl sites for hydroxylation is 1. The van der Waals surface area contributed by atoms with Crippen LogP contribution in [0, 0.1) is 6.92 Å². The third-order valence-electron chi connectivity index (χ3n) is 3.57. The van der Waals surface area contributed by atoms with Crippen LogP contribution in [0.1, 0.15) is 25.3 Å². The van der Waals surface area contributed by atoms with E-state index in [0.29, 0.717) is 36.5 Å². The Bertz CT molecular complexity index is 574. The van der Waals surface area contributed by atoms with Gasteiger partial charge in [-0.15, -0.1) is 0 Å². The van der Waals surface area contributed by atoms with Crippen LogP contribution in [-0.2, 0) is 10.0 Å². The summed E-state index contributed by atoms with van der Waals surface area (Å²) in [6.07, 6.45) is 0.900. The lowest BCUT2D eigenvalue weighted by molar-refractivity contribution is 0.0126. The maximum atomic E-state index is 12.6. The van der Waals surface area contributed by atoms with Crippen molar-refractivity contribution in [1.29, 1.82) is 0 Å². The van der Waals surface area contributed by atoms with E-state index >= 15 is 0 Å². The van der Waals surface area contributed by atoms with Gasteiger partial charge in [0.05, 0.1) is 10.5 Å². The van der Waals surface area contributed by atoms with Crippen LogP contribution in [0.2, 0.25) is 5.02 Å². The van der Waals surface area contributed by atoms with Crippen LogP contribution < -0.4 is 0 Å². The maximum Gasteiger partial charge on any atom is 0.243 e. The van der Waals surface area contributed by atoms with Gasteiger partial charge in [-0.1, -0.05) is 17.7 Å². The molecular formula is C13H18ClNO3S. The Morgan fingerprint density at radius 2 is 1.89 bits per heavy atom. The van der Waals surface area contributed by atoms with Gasteiger partial charge in [-0.05, 0) is 44.4 Å². The molecule has 4 nitrogen and oxygen atoms in total. The van der Waals surface area contributed by atoms with Crippen molar-refractivity contribution in [2.24, 2.45) is 0 Å². The van der Waals surface area contributed by atoms with Gasteiger partial charge < -0.3 is 5.11 Å². The zero-order valence-corrected chi connectivity index (χ0v) is 12.6. The summed E-state index contributed by atoms with van der Waals surface area (Å²) < 4.78 is 26.5. The normalized spacial score (nSPS) is 20.4. The fourth-order valence-electron chi connectivity index (χ4n) is 2.20. The van der Waals surface area contributed by atoms with Crippen LogP contribution in [0.3, 0.4) is 0 Å². The summed E-state index contributed by atoms with van der Waals surface area (Å²) in [6, 6.07) is 4.87. The molecule has 1 aromatic carbocycles. The first kappa shape index (κ1) is 14.8. The quantitative estimate of drug-likeness (QED) is 0.911. The predicted molar refractivity (Wildman–Crippen MR) is 74.8 cm³/mol. The maximum absolute atomic E-state index is 12.6. The Hall–Kier alpha value is -0.620. The molecule has 0 saturated carbocycles. The second-order valence-electron chi connectivity index (χ2n) is 5.31. The summed E-state index contributed by atoms with van der Waals surface area (Å²) >= 11 is 5.88. The highest BCUT2D eigenvalue weighted by Crippen LogP contribution is 2.28. The number of nitrogens with zero attached hydrogens (tertiary/aromatic N) is 1. The average Bonchev–Trinajstić information content (AvgIpc) is 2.31. The van der Waals surface area contributed by atoms with Crippen LogP contribution >= 0.6 is 11.6 Å². The van der Waals surface area contributed by atoms with E-state index in [1.807, 2.05) is 0 Å². The molecular weight excluding hydrogens is 286 g/mol. The molecule has 6 heteroatoms. The van der Waals surface area contributed by atoms with E-state index in [4.69, 9.17) is 11.6 Å². The van der Waals surface area contributed by atoms with Gasteiger partial charge in [0.2, 0.25) is 10.0 Å². The summed E-state index contributed by atoms with van der Waals surface area (Å²) in [7, 11) is -3.53. The molecule has 1 aromatic rings. The minimum atomic E-state index is -3.53. The van der Waals surface area contributed by atoms with Gasteiger partial charge in [-0.2, -0.15) is 4.31 Å². The molecule has 0 spiro atoms. The van der Waals surface area contributed by atoms with Gasteiger partial charge in [0.25, 0.3) is 0 Å². The number of sulfonamides is 1. The van der Waals surface area contributed by atoms with Crippen molar-refractivity contribution in [3.05, 3.63) is 28.8 Å². The minimum Gasteiger partial charge on any atom is -0.390 e. The molecule has 1 fully saturated rings. The van der Waals surface area contributed by atoms with Crippen LogP contribution in [0.4, 0.5) is 0 Å². The summed E-state index contributed by atoms with van der Waals surface area (Å²) in [4.78, 5) is 0.251. The molecule has 0 bridgehead atoms. The number of piperidine rings is 1. The Kier molecular flexibility index (Phi) is 3.93. The van der Waals surface area contributed by atoms with Crippen molar-refractivity contribution in [3.63, 3.8) is 0 Å². The highest BCUT2D eigenvalue weighted by Gasteiger charge is 2.34. The highest BCUT2D eigenvalue weighted by atomic mass is 35.5. The van der Waals surface area contributed by atoms with Gasteiger partial charge in [-0.25, -0.2) is 8.42 Å². The molecule has 1 aliphatic rings. The number of hydrogen-bond acceptors (Lipinski definition) is 3. The van der Waals surface area contributed by atoms with Crippen molar-refractivity contribution in [2.45, 2.75) is 37.2 Å². The SMILES string of the molecule is Cc1ccc(Cl)cc1S(=O)(=O)N1CCC(C)(O)CC1. The smallest absolute Gasteiger partial charge is 0.243 e. The molecule has 0 radical (unpaired) electrons. The molecule has 0 aliphatic carbocycles. The molecule has 1 saturated heterocycles. The first-order valence-corrected chi connectivity index (χ1v) is 8.03. The highest BCUT2D eigenvalue weighted by molar-refractivity contribution is 7.89. The van der Waals surface area contributed by atoms with E-state index in [2.05, 4.69) is 0 Å². The van der Waals surface area contributed by atoms with E-state index in [1.165, 1.54) is 10.4 Å². The van der Waals surface area contributed by atoms with Crippen LogP contribution in [-0.4, -0.2) is 36.5 Å². The van der Waals surface area contributed by atoms with Crippen molar-refractivity contribution < 1.29 is 13.5 Å². The first-order chi connectivity index (χ1) is 8.72. The summed E-state index contributed by atoms with van der Waals surface area (Å²) in [5.74, 6) is 0. The van der Waals surface area contributed by atoms with Crippen molar-refractivity contribution in [1.82, 2.24) is 4.31 Å². The number of halogens is 1. The molecule has 19 heavy (non-hydrogen) atoms. The van der Waals surface area contributed by atoms with Crippen molar-refractivity contribution in [3.8, 4) is 0 Å². The number of benzene rings is 1. The Morgan fingerprint density at radius 1 is 1.32 bits per heavy atom. The Morgan fingerprint density at radius 3 is 2.47 bits per heavy atom. The number of rotatable bonds is 2. The molecule has 1 aliphatic heterocycles. The van der Waals surface area contributed by atoms with E-state index in [1.54, 1.807) is 26.0 Å². The molecule has 106 valence electrons. The molecule has 0 unspecified atom stereocenters. The summed E-state index contributed by atoms with van der Waals surface area (Å²) in [5, 5.41) is 10.3. The lowest BCUT2D eigenvalue weighted by atomic mass is 9.95. The number of aliphatic hydroxyl groups is 1. The topological polar surface area (TPSA) is 57.6 Å². The van der Waals surface area contributed by atoms with Crippen molar-refractivity contribution in [2.75, 3.05) is 13.1 Å². The van der Waals surface area contributed by atoms with Gasteiger partial charge in [0, 0.05) is 18.1 Å². The molecule has 1 N–H and O–H groups in total. The van der Waals surface area contributed by atoms with Gasteiger partial charge in [-0.3, -0.25) is 0 Å². The number of hydrogen-bond donors (Lipinski definition) is 1. The molecule has 2 rings (SSSR count). The minimum absolute atomic E-state index is 0.251. The van der Waals surface area contributed by atoms with Crippen molar-refractivity contribution >= 4 is 21.6 Å². The third-order valence-corrected chi connectivity index (χ3v) is 5.84. The summed E-state index contributed by atoms with van der Waals surface area (Å²) in [5.41, 5.74) is -0.0863. The zero-order valence-electron chi connectivity index (χ0n) is 11.1. The second kappa shape index (κ2) is 5.05. The fraction of sp³-hybridized carbons (Fsp3) is 0.538. The Balaban J connectivity index is 2.31. The van der Waals surface area contributed by atoms with E-state index in [-0.39, 0.29) is 4.90 Å². The van der Waals surface area contributed by atoms with E-state index in [0.717, 1.165) is 0 Å². The molecule has 1 heterocycles. The fourth-order valence-corrected chi connectivity index (χ4v) is 4.13. The standard InChI is InChI=1S/C13H18ClNO3S/c1-10-3-4-11(14)9-12(10)19(17,18)15-7-5-13(2,16)6-8-15/h3-4,9,16H,5-8H2,1-2H3. The second-order valence-corrected chi connectivity index (χ2v) is 7.65. The lowest BCUT2D eigenvalue weighted by Gasteiger charge is -2.35. The Labute approximate surface area is 119 Å². The largest absolute Gasteiger partial charge is 0.390 e. The third kappa shape index (κ3) is 3.11. The van der Waals surface area contributed by atoms with Crippen LogP contribution in [0.25, 0.3) is 0 Å². The van der Waals surface area contributed by atoms with E-state index in [9.17, 15) is 13.5 Å². The monoisotopic (exact) mass is 303 g/mol. The van der Waals surface area contributed by atoms with Gasteiger partial charge in [0.1, 0.15) is 0 Å². The zero-order chi connectivity index (χ0) is 14.3. The first-order valence-electron chi connectivity index (χ1n) is 6.21. The molecule has 0 atom stereocenters. The van der Waals surface area contributed by atoms with Crippen LogP contribution in [0.5, 0.6) is 0 Å². The molecule has 0 aromatic heterocycles. The van der Waals surface area contributed by atoms with Gasteiger partial charge in [0.15, 0.2) is 0 Å². The lowest BCUT2D eigenvalue weighted by Crippen LogP contribution is -2.45. The van der Waals surface area contributed by atoms with E-state index < -0.39 is 15.6 Å². The predicted octanol–water partition coefficient (Wildman–Crippen LogP) is 2.18. The van der Waals surface area contributed by atoms with Gasteiger partial charge >= 0.3 is 0 Å².